The molecule has 0 amide bonds. The summed E-state index contributed by atoms with van der Waals surface area (Å²) in [6.45, 7) is 11.3. The van der Waals surface area contributed by atoms with Gasteiger partial charge >= 0.3 is 0 Å². The Hall–Kier alpha value is -0.160. The quantitative estimate of drug-likeness (QED) is 0.729. The van der Waals surface area contributed by atoms with E-state index in [1.54, 1.807) is 0 Å². The Morgan fingerprint density at radius 2 is 2.05 bits per heavy atom. The van der Waals surface area contributed by atoms with Crippen LogP contribution in [0.4, 0.5) is 0 Å². The van der Waals surface area contributed by atoms with Gasteiger partial charge in [-0.1, -0.05) is 0 Å². The van der Waals surface area contributed by atoms with E-state index in [0.717, 1.165) is 38.8 Å². The van der Waals surface area contributed by atoms with E-state index >= 15 is 0 Å². The summed E-state index contributed by atoms with van der Waals surface area (Å²) < 4.78 is 5.37. The second kappa shape index (κ2) is 8.20. The van der Waals surface area contributed by atoms with Crippen molar-refractivity contribution in [1.82, 2.24) is 15.1 Å². The minimum atomic E-state index is 0.660. The Morgan fingerprint density at radius 1 is 1.26 bits per heavy atom. The summed E-state index contributed by atoms with van der Waals surface area (Å²) in [6.07, 6.45) is 4.01. The maximum Gasteiger partial charge on any atom is 0.0594 e. The van der Waals surface area contributed by atoms with Gasteiger partial charge in [0.05, 0.1) is 13.2 Å². The maximum absolute atomic E-state index is 5.37. The van der Waals surface area contributed by atoms with Gasteiger partial charge in [-0.15, -0.1) is 0 Å². The Balaban J connectivity index is 1.54. The molecule has 0 aromatic rings. The summed E-state index contributed by atoms with van der Waals surface area (Å²) in [5.74, 6) is 0.835. The molecule has 0 bridgehead atoms. The summed E-state index contributed by atoms with van der Waals surface area (Å²) in [6, 6.07) is 0.660. The molecule has 0 spiro atoms. The van der Waals surface area contributed by atoms with Crippen molar-refractivity contribution in [3.63, 3.8) is 0 Å². The minimum absolute atomic E-state index is 0.660. The molecular weight excluding hydrogens is 238 g/mol. The molecule has 4 heteroatoms. The van der Waals surface area contributed by atoms with Gasteiger partial charge in [-0.3, -0.25) is 4.90 Å². The summed E-state index contributed by atoms with van der Waals surface area (Å²) >= 11 is 0. The normalized spacial score (nSPS) is 28.4. The molecule has 2 atom stereocenters. The van der Waals surface area contributed by atoms with E-state index < -0.39 is 0 Å². The largest absolute Gasteiger partial charge is 0.379 e. The number of hydrogen-bond donors (Lipinski definition) is 1. The highest BCUT2D eigenvalue weighted by molar-refractivity contribution is 4.79. The molecule has 2 saturated heterocycles. The van der Waals surface area contributed by atoms with Crippen LogP contribution in [0.15, 0.2) is 0 Å². The van der Waals surface area contributed by atoms with Gasteiger partial charge in [0, 0.05) is 25.7 Å². The first kappa shape index (κ1) is 15.2. The summed E-state index contributed by atoms with van der Waals surface area (Å²) in [4.78, 5) is 4.99. The predicted octanol–water partition coefficient (Wildman–Crippen LogP) is 1.03. The fourth-order valence-corrected chi connectivity index (χ4v) is 3.24. The minimum Gasteiger partial charge on any atom is -0.379 e. The average molecular weight is 269 g/mol. The molecule has 2 aliphatic heterocycles. The monoisotopic (exact) mass is 269 g/mol. The van der Waals surface area contributed by atoms with Crippen LogP contribution in [0.5, 0.6) is 0 Å². The van der Waals surface area contributed by atoms with Crippen molar-refractivity contribution in [1.29, 1.82) is 0 Å². The van der Waals surface area contributed by atoms with Crippen molar-refractivity contribution in [3.8, 4) is 0 Å². The third-order valence-corrected chi connectivity index (χ3v) is 4.59. The average Bonchev–Trinajstić information content (AvgIpc) is 2.44. The Bertz CT molecular complexity index is 244. The number of likely N-dealkylation sites (tertiary alicyclic amines) is 1. The van der Waals surface area contributed by atoms with Gasteiger partial charge < -0.3 is 15.0 Å². The van der Waals surface area contributed by atoms with Crippen molar-refractivity contribution in [2.45, 2.75) is 32.2 Å². The molecule has 112 valence electrons. The van der Waals surface area contributed by atoms with Crippen LogP contribution >= 0.6 is 0 Å². The van der Waals surface area contributed by atoms with Crippen LogP contribution in [-0.2, 0) is 4.74 Å². The molecule has 2 rings (SSSR count). The van der Waals surface area contributed by atoms with Gasteiger partial charge in [0.1, 0.15) is 0 Å². The zero-order chi connectivity index (χ0) is 13.5. The first-order valence-electron chi connectivity index (χ1n) is 7.98. The van der Waals surface area contributed by atoms with E-state index in [0.29, 0.717) is 6.04 Å². The van der Waals surface area contributed by atoms with Crippen molar-refractivity contribution in [2.75, 3.05) is 59.5 Å². The summed E-state index contributed by atoms with van der Waals surface area (Å²) in [5.41, 5.74) is 0. The Morgan fingerprint density at radius 3 is 2.79 bits per heavy atom. The molecular formula is C15H31N3O. The first-order chi connectivity index (χ1) is 9.25. The van der Waals surface area contributed by atoms with Crippen LogP contribution in [0.2, 0.25) is 0 Å². The second-order valence-electron chi connectivity index (χ2n) is 6.21. The third-order valence-electron chi connectivity index (χ3n) is 4.59. The first-order valence-corrected chi connectivity index (χ1v) is 7.98. The molecule has 19 heavy (non-hydrogen) atoms. The van der Waals surface area contributed by atoms with Crippen molar-refractivity contribution >= 4 is 0 Å². The fraction of sp³-hybridized carbons (Fsp3) is 1.00. The lowest BCUT2D eigenvalue weighted by Crippen LogP contribution is -2.44. The number of nitrogens with one attached hydrogen (secondary N) is 1. The lowest BCUT2D eigenvalue weighted by Gasteiger charge is -2.34. The SMILES string of the molecule is CC(NCCCN1CCOCC1)C1CCCN(C)C1. The molecule has 2 unspecified atom stereocenters. The van der Waals surface area contributed by atoms with Crippen LogP contribution in [0.1, 0.15) is 26.2 Å². The molecule has 4 nitrogen and oxygen atoms in total. The van der Waals surface area contributed by atoms with Crippen LogP contribution in [-0.4, -0.2) is 75.4 Å². The van der Waals surface area contributed by atoms with Crippen molar-refractivity contribution in [2.24, 2.45) is 5.92 Å². The number of morpholine rings is 1. The number of piperidine rings is 1. The Labute approximate surface area is 118 Å². The predicted molar refractivity (Wildman–Crippen MR) is 79.6 cm³/mol. The van der Waals surface area contributed by atoms with Crippen LogP contribution < -0.4 is 5.32 Å². The molecule has 0 radical (unpaired) electrons. The second-order valence-corrected chi connectivity index (χ2v) is 6.21. The van der Waals surface area contributed by atoms with Crippen LogP contribution in [0.25, 0.3) is 0 Å². The van der Waals surface area contributed by atoms with E-state index in [1.165, 1.54) is 38.9 Å². The standard InChI is InChI=1S/C15H31N3O/c1-14(15-5-3-7-17(2)13-15)16-6-4-8-18-9-11-19-12-10-18/h14-16H,3-13H2,1-2H3. The maximum atomic E-state index is 5.37. The van der Waals surface area contributed by atoms with E-state index in [2.05, 4.69) is 29.1 Å². The molecule has 0 aromatic carbocycles. The molecule has 0 aliphatic carbocycles. The number of ether oxygens (including phenoxy) is 1. The van der Waals surface area contributed by atoms with Gasteiger partial charge in [-0.2, -0.15) is 0 Å². The van der Waals surface area contributed by atoms with Gasteiger partial charge in [-0.05, 0) is 58.8 Å². The van der Waals surface area contributed by atoms with Crippen LogP contribution in [0, 0.1) is 5.92 Å². The fourth-order valence-electron chi connectivity index (χ4n) is 3.24. The van der Waals surface area contributed by atoms with Gasteiger partial charge in [-0.25, -0.2) is 0 Å². The number of rotatable bonds is 6. The molecule has 0 aromatic heterocycles. The lowest BCUT2D eigenvalue weighted by atomic mass is 9.92. The highest BCUT2D eigenvalue weighted by atomic mass is 16.5. The molecule has 2 fully saturated rings. The zero-order valence-electron chi connectivity index (χ0n) is 12.7. The number of nitrogens with zero attached hydrogens (tertiary/aromatic N) is 2. The zero-order valence-corrected chi connectivity index (χ0v) is 12.7. The van der Waals surface area contributed by atoms with Gasteiger partial charge in [0.25, 0.3) is 0 Å². The Kier molecular flexibility index (Phi) is 6.57. The summed E-state index contributed by atoms with van der Waals surface area (Å²) in [5, 5.41) is 3.73. The van der Waals surface area contributed by atoms with E-state index in [1.807, 2.05) is 0 Å². The van der Waals surface area contributed by atoms with E-state index in [-0.39, 0.29) is 0 Å². The molecule has 2 heterocycles. The molecule has 0 saturated carbocycles. The molecule has 2 aliphatic rings. The topological polar surface area (TPSA) is 27.7 Å². The smallest absolute Gasteiger partial charge is 0.0594 e. The van der Waals surface area contributed by atoms with Gasteiger partial charge in [0.15, 0.2) is 0 Å². The van der Waals surface area contributed by atoms with Crippen molar-refractivity contribution < 1.29 is 4.74 Å². The van der Waals surface area contributed by atoms with E-state index in [9.17, 15) is 0 Å². The third kappa shape index (κ3) is 5.38. The van der Waals surface area contributed by atoms with Crippen LogP contribution in [0.3, 0.4) is 0 Å². The number of hydrogen-bond acceptors (Lipinski definition) is 4. The lowest BCUT2D eigenvalue weighted by molar-refractivity contribution is 0.0373. The highest BCUT2D eigenvalue weighted by Crippen LogP contribution is 2.18. The highest BCUT2D eigenvalue weighted by Gasteiger charge is 2.22. The van der Waals surface area contributed by atoms with E-state index in [4.69, 9.17) is 4.74 Å². The van der Waals surface area contributed by atoms with Gasteiger partial charge in [0.2, 0.25) is 0 Å². The molecule has 1 N–H and O–H groups in total. The van der Waals surface area contributed by atoms with Crippen molar-refractivity contribution in [3.05, 3.63) is 0 Å². The summed E-state index contributed by atoms with van der Waals surface area (Å²) in [7, 11) is 2.25.